The van der Waals surface area contributed by atoms with Crippen LogP contribution in [0.4, 0.5) is 5.69 Å². The zero-order chi connectivity index (χ0) is 16.8. The van der Waals surface area contributed by atoms with Crippen molar-refractivity contribution in [3.8, 4) is 0 Å². The molecule has 1 aromatic heterocycles. The second-order valence-electron chi connectivity index (χ2n) is 5.86. The molecule has 5 heteroatoms. The van der Waals surface area contributed by atoms with Crippen molar-refractivity contribution < 1.29 is 4.52 Å². The molecule has 1 heterocycles. The third-order valence-electron chi connectivity index (χ3n) is 4.17. The number of hydrogen-bond acceptors (Lipinski definition) is 3. The topological polar surface area (TPSA) is 76.4 Å². The lowest BCUT2D eigenvalue weighted by molar-refractivity contribution is 0.372. The van der Waals surface area contributed by atoms with Crippen LogP contribution < -0.4 is 11.1 Å². The van der Waals surface area contributed by atoms with Crippen molar-refractivity contribution >= 4 is 11.6 Å². The van der Waals surface area contributed by atoms with Crippen molar-refractivity contribution in [1.82, 2.24) is 5.16 Å². The molecule has 0 radical (unpaired) electrons. The van der Waals surface area contributed by atoms with Crippen LogP contribution in [0, 0.1) is 13.8 Å². The fraction of sp³-hybridized carbons (Fsp3) is 0.444. The molecule has 0 bridgehead atoms. The van der Waals surface area contributed by atoms with Crippen molar-refractivity contribution in [2.24, 2.45) is 10.7 Å². The molecule has 1 aromatic carbocycles. The zero-order valence-electron chi connectivity index (χ0n) is 14.4. The summed E-state index contributed by atoms with van der Waals surface area (Å²) in [5.41, 5.74) is 10.3. The molecule has 23 heavy (non-hydrogen) atoms. The van der Waals surface area contributed by atoms with E-state index in [0.717, 1.165) is 30.0 Å². The summed E-state index contributed by atoms with van der Waals surface area (Å²) in [5, 5.41) is 7.23. The minimum Gasteiger partial charge on any atom is -0.370 e. The van der Waals surface area contributed by atoms with Crippen LogP contribution in [0.5, 0.6) is 0 Å². The highest BCUT2D eigenvalue weighted by molar-refractivity contribution is 5.92. The number of nitrogens with one attached hydrogen (secondary N) is 1. The number of aliphatic imine (C=N–C) groups is 1. The lowest BCUT2D eigenvalue weighted by atomic mass is 9.99. The molecule has 0 saturated heterocycles. The number of benzene rings is 1. The maximum atomic E-state index is 5.94. The van der Waals surface area contributed by atoms with E-state index in [-0.39, 0.29) is 0 Å². The molecular formula is C18H26N4O. The smallest absolute Gasteiger partial charge is 0.193 e. The maximum Gasteiger partial charge on any atom is 0.193 e. The van der Waals surface area contributed by atoms with Crippen molar-refractivity contribution in [3.05, 3.63) is 46.8 Å². The van der Waals surface area contributed by atoms with E-state index in [1.165, 1.54) is 11.1 Å². The average Bonchev–Trinajstić information content (AvgIpc) is 2.99. The fourth-order valence-corrected chi connectivity index (χ4v) is 2.47. The molecule has 2 rings (SSSR count). The standard InChI is InChI=1S/C18H26N4O/c1-5-14(6-2)17-10-16(23-22-17)11-20-18(19)21-15-8-7-12(3)13(4)9-15/h7-10,14H,5-6,11H2,1-4H3,(H3,19,20,21). The van der Waals surface area contributed by atoms with E-state index >= 15 is 0 Å². The van der Waals surface area contributed by atoms with Gasteiger partial charge in [-0.2, -0.15) is 0 Å². The predicted octanol–water partition coefficient (Wildman–Crippen LogP) is 4.12. The Hall–Kier alpha value is -2.30. The van der Waals surface area contributed by atoms with E-state index in [2.05, 4.69) is 55.3 Å². The van der Waals surface area contributed by atoms with Crippen LogP contribution in [0.1, 0.15) is 55.2 Å². The van der Waals surface area contributed by atoms with Crippen molar-refractivity contribution in [2.75, 3.05) is 5.32 Å². The number of aromatic nitrogens is 1. The molecule has 0 saturated carbocycles. The van der Waals surface area contributed by atoms with E-state index in [0.29, 0.717) is 18.4 Å². The first-order valence-corrected chi connectivity index (χ1v) is 8.13. The molecule has 0 unspecified atom stereocenters. The Balaban J connectivity index is 1.98. The van der Waals surface area contributed by atoms with Crippen LogP contribution in [0.15, 0.2) is 33.8 Å². The molecule has 0 amide bonds. The highest BCUT2D eigenvalue weighted by Gasteiger charge is 2.12. The molecule has 0 aliphatic heterocycles. The van der Waals surface area contributed by atoms with Gasteiger partial charge in [0.05, 0.1) is 5.69 Å². The Kier molecular flexibility index (Phi) is 5.79. The van der Waals surface area contributed by atoms with Crippen LogP contribution in [0.2, 0.25) is 0 Å². The summed E-state index contributed by atoms with van der Waals surface area (Å²) in [6, 6.07) is 8.08. The van der Waals surface area contributed by atoms with E-state index in [1.807, 2.05) is 12.1 Å². The van der Waals surface area contributed by atoms with E-state index in [4.69, 9.17) is 10.3 Å². The first-order valence-electron chi connectivity index (χ1n) is 8.13. The summed E-state index contributed by atoms with van der Waals surface area (Å²) in [5.74, 6) is 1.55. The van der Waals surface area contributed by atoms with Gasteiger partial charge in [0.2, 0.25) is 0 Å². The van der Waals surface area contributed by atoms with Crippen LogP contribution in [-0.2, 0) is 6.54 Å². The Morgan fingerprint density at radius 3 is 2.61 bits per heavy atom. The molecule has 2 aromatic rings. The fourth-order valence-electron chi connectivity index (χ4n) is 2.47. The van der Waals surface area contributed by atoms with Gasteiger partial charge < -0.3 is 15.6 Å². The highest BCUT2D eigenvalue weighted by atomic mass is 16.5. The molecule has 0 atom stereocenters. The monoisotopic (exact) mass is 314 g/mol. The Morgan fingerprint density at radius 1 is 1.22 bits per heavy atom. The predicted molar refractivity (Wildman–Crippen MR) is 94.7 cm³/mol. The second kappa shape index (κ2) is 7.81. The minimum atomic E-state index is 0.369. The van der Waals surface area contributed by atoms with Crippen LogP contribution >= 0.6 is 0 Å². The molecule has 0 aliphatic carbocycles. The maximum absolute atomic E-state index is 5.94. The summed E-state index contributed by atoms with van der Waals surface area (Å²) in [7, 11) is 0. The van der Waals surface area contributed by atoms with Crippen molar-refractivity contribution in [1.29, 1.82) is 0 Å². The van der Waals surface area contributed by atoms with Crippen LogP contribution in [-0.4, -0.2) is 11.1 Å². The SMILES string of the molecule is CCC(CC)c1cc(CN=C(N)Nc2ccc(C)c(C)c2)on1. The molecule has 124 valence electrons. The van der Waals surface area contributed by atoms with Gasteiger partial charge in [0.25, 0.3) is 0 Å². The van der Waals surface area contributed by atoms with E-state index in [1.54, 1.807) is 0 Å². The zero-order valence-corrected chi connectivity index (χ0v) is 14.4. The van der Waals surface area contributed by atoms with Gasteiger partial charge in [-0.25, -0.2) is 4.99 Å². The second-order valence-corrected chi connectivity index (χ2v) is 5.86. The van der Waals surface area contributed by atoms with Gasteiger partial charge in [-0.15, -0.1) is 0 Å². The molecule has 3 N–H and O–H groups in total. The Morgan fingerprint density at radius 2 is 1.96 bits per heavy atom. The third-order valence-corrected chi connectivity index (χ3v) is 4.17. The largest absolute Gasteiger partial charge is 0.370 e. The molecule has 0 fully saturated rings. The average molecular weight is 314 g/mol. The first-order chi connectivity index (χ1) is 11.0. The van der Waals surface area contributed by atoms with Gasteiger partial charge in [0.1, 0.15) is 6.54 Å². The summed E-state index contributed by atoms with van der Waals surface area (Å²) in [6.45, 7) is 8.86. The number of hydrogen-bond donors (Lipinski definition) is 2. The number of aryl methyl sites for hydroxylation is 2. The number of guanidine groups is 1. The van der Waals surface area contributed by atoms with Gasteiger partial charge in [-0.05, 0) is 49.9 Å². The number of anilines is 1. The van der Waals surface area contributed by atoms with Gasteiger partial charge >= 0.3 is 0 Å². The number of nitrogens with two attached hydrogens (primary N) is 1. The van der Waals surface area contributed by atoms with Gasteiger partial charge in [-0.1, -0.05) is 25.1 Å². The van der Waals surface area contributed by atoms with E-state index < -0.39 is 0 Å². The number of rotatable bonds is 6. The Labute approximate surface area is 138 Å². The summed E-state index contributed by atoms with van der Waals surface area (Å²) in [4.78, 5) is 4.32. The third kappa shape index (κ3) is 4.58. The van der Waals surface area contributed by atoms with Crippen LogP contribution in [0.25, 0.3) is 0 Å². The summed E-state index contributed by atoms with van der Waals surface area (Å²) in [6.07, 6.45) is 2.12. The Bertz CT molecular complexity index is 671. The molecule has 5 nitrogen and oxygen atoms in total. The van der Waals surface area contributed by atoms with Crippen molar-refractivity contribution in [2.45, 2.75) is 53.0 Å². The normalized spacial score (nSPS) is 12.0. The minimum absolute atomic E-state index is 0.369. The van der Waals surface area contributed by atoms with E-state index in [9.17, 15) is 0 Å². The van der Waals surface area contributed by atoms with Crippen LogP contribution in [0.3, 0.4) is 0 Å². The van der Waals surface area contributed by atoms with Crippen molar-refractivity contribution in [3.63, 3.8) is 0 Å². The lowest BCUT2D eigenvalue weighted by Crippen LogP contribution is -2.22. The number of nitrogens with zero attached hydrogens (tertiary/aromatic N) is 2. The van der Waals surface area contributed by atoms with Gasteiger partial charge in [0, 0.05) is 17.7 Å². The van der Waals surface area contributed by atoms with Gasteiger partial charge in [-0.3, -0.25) is 0 Å². The summed E-state index contributed by atoms with van der Waals surface area (Å²) < 4.78 is 5.34. The molecular weight excluding hydrogens is 288 g/mol. The summed E-state index contributed by atoms with van der Waals surface area (Å²) >= 11 is 0. The lowest BCUT2D eigenvalue weighted by Gasteiger charge is -2.07. The van der Waals surface area contributed by atoms with Gasteiger partial charge in [0.15, 0.2) is 11.7 Å². The highest BCUT2D eigenvalue weighted by Crippen LogP contribution is 2.22. The molecule has 0 spiro atoms. The quantitative estimate of drug-likeness (QED) is 0.621. The molecule has 0 aliphatic rings. The first kappa shape index (κ1) is 17.1.